The molecule has 0 aliphatic carbocycles. The van der Waals surface area contributed by atoms with Crippen LogP contribution in [0.2, 0.25) is 0 Å². The number of nitrogens with zero attached hydrogens (tertiary/aromatic N) is 2. The van der Waals surface area contributed by atoms with E-state index in [0.717, 1.165) is 33.6 Å². The predicted octanol–water partition coefficient (Wildman–Crippen LogP) is 12.6. The molecule has 0 N–H and O–H groups in total. The zero-order valence-electron chi connectivity index (χ0n) is 31.3. The van der Waals surface area contributed by atoms with Crippen molar-refractivity contribution in [3.05, 3.63) is 193 Å². The van der Waals surface area contributed by atoms with Crippen molar-refractivity contribution < 1.29 is 6.85 Å². The first-order valence-electron chi connectivity index (χ1n) is 18.4. The zero-order chi connectivity index (χ0) is 36.1. The van der Waals surface area contributed by atoms with Gasteiger partial charge in [0.15, 0.2) is 0 Å². The Morgan fingerprint density at radius 2 is 0.979 bits per heavy atom. The van der Waals surface area contributed by atoms with E-state index in [2.05, 4.69) is 85.5 Å². The topological polar surface area (TPSA) is 6.48 Å². The van der Waals surface area contributed by atoms with Gasteiger partial charge in [-0.3, -0.25) is 0 Å². The average Bonchev–Trinajstić information content (AvgIpc) is 3.19. The Morgan fingerprint density at radius 1 is 0.468 bits per heavy atom. The van der Waals surface area contributed by atoms with E-state index in [0.29, 0.717) is 11.4 Å². The second-order valence-corrected chi connectivity index (χ2v) is 12.3. The van der Waals surface area contributed by atoms with Crippen molar-refractivity contribution in [1.29, 1.82) is 0 Å². The Bertz CT molecular complexity index is 2400. The molecule has 47 heavy (non-hydrogen) atoms. The van der Waals surface area contributed by atoms with Gasteiger partial charge in [0.1, 0.15) is 0 Å². The summed E-state index contributed by atoms with van der Waals surface area (Å²) in [6.07, 6.45) is 0. The number of hydrogen-bond acceptors (Lipinski definition) is 2. The lowest BCUT2D eigenvalue weighted by Gasteiger charge is -2.42. The standard InChI is InChI=1S/C45H36N2/c1-45(2)41-20-12-13-21-43(41)47(38-18-10-5-11-19-38)44-31-26-36(32-42(44)45)35-24-29-40(30-25-35)46(37-16-8-4-9-17-37)39-27-22-34(23-28-39)33-14-6-3-7-15-33/h3-32H,1-2H3/i4D,8D,9D,16D,17D. The third-order valence-corrected chi connectivity index (χ3v) is 9.15. The third kappa shape index (κ3) is 5.18. The first-order chi connectivity index (χ1) is 25.1. The van der Waals surface area contributed by atoms with Crippen LogP contribution in [-0.2, 0) is 5.41 Å². The van der Waals surface area contributed by atoms with Gasteiger partial charge in [-0.25, -0.2) is 0 Å². The first-order valence-corrected chi connectivity index (χ1v) is 15.9. The van der Waals surface area contributed by atoms with Crippen molar-refractivity contribution in [3.63, 3.8) is 0 Å². The number of rotatable bonds is 6. The van der Waals surface area contributed by atoms with Crippen molar-refractivity contribution in [3.8, 4) is 22.3 Å². The summed E-state index contributed by atoms with van der Waals surface area (Å²) in [6.45, 7) is 4.56. The van der Waals surface area contributed by atoms with Crippen molar-refractivity contribution >= 4 is 34.1 Å². The van der Waals surface area contributed by atoms with Crippen LogP contribution in [0.5, 0.6) is 0 Å². The van der Waals surface area contributed by atoms with Gasteiger partial charge in [-0.15, -0.1) is 0 Å². The van der Waals surface area contributed by atoms with Gasteiger partial charge in [0, 0.05) is 28.2 Å². The summed E-state index contributed by atoms with van der Waals surface area (Å²) in [7, 11) is 0. The Kier molecular flexibility index (Phi) is 5.90. The fourth-order valence-corrected chi connectivity index (χ4v) is 6.74. The van der Waals surface area contributed by atoms with E-state index in [-0.39, 0.29) is 35.3 Å². The average molecular weight is 610 g/mol. The van der Waals surface area contributed by atoms with Gasteiger partial charge >= 0.3 is 0 Å². The fraction of sp³-hybridized carbons (Fsp3) is 0.0667. The highest BCUT2D eigenvalue weighted by molar-refractivity contribution is 5.88. The van der Waals surface area contributed by atoms with Crippen molar-refractivity contribution in [2.24, 2.45) is 0 Å². The molecule has 0 unspecified atom stereocenters. The monoisotopic (exact) mass is 609 g/mol. The van der Waals surface area contributed by atoms with Crippen molar-refractivity contribution in [1.82, 2.24) is 0 Å². The van der Waals surface area contributed by atoms with Gasteiger partial charge in [-0.1, -0.05) is 129 Å². The SMILES string of the molecule is [2H]c1c([2H])c([2H])c(N(c2ccc(-c3ccccc3)cc2)c2ccc(-c3ccc4c(c3)C(C)(C)c3ccccc3N4c3ccccc3)cc2)c([2H])c1[2H]. The summed E-state index contributed by atoms with van der Waals surface area (Å²) >= 11 is 0. The molecule has 0 radical (unpaired) electrons. The molecular formula is C45H36N2. The van der Waals surface area contributed by atoms with Gasteiger partial charge in [0.25, 0.3) is 0 Å². The Hall–Kier alpha value is -5.86. The maximum Gasteiger partial charge on any atom is 0.0645 e. The molecule has 1 heterocycles. The van der Waals surface area contributed by atoms with Crippen LogP contribution in [0.15, 0.2) is 182 Å². The minimum Gasteiger partial charge on any atom is -0.311 e. The highest BCUT2D eigenvalue weighted by atomic mass is 15.2. The van der Waals surface area contributed by atoms with E-state index in [4.69, 9.17) is 6.85 Å². The number of hydrogen-bond donors (Lipinski definition) is 0. The molecule has 0 spiro atoms. The van der Waals surface area contributed by atoms with Crippen LogP contribution >= 0.6 is 0 Å². The molecule has 0 atom stereocenters. The van der Waals surface area contributed by atoms with Crippen LogP contribution in [-0.4, -0.2) is 0 Å². The summed E-state index contributed by atoms with van der Waals surface area (Å²) in [6, 6.07) is 49.9. The van der Waals surface area contributed by atoms with Gasteiger partial charge < -0.3 is 9.80 Å². The lowest BCUT2D eigenvalue weighted by Crippen LogP contribution is -2.30. The third-order valence-electron chi connectivity index (χ3n) is 9.15. The maximum atomic E-state index is 8.86. The molecule has 0 amide bonds. The van der Waals surface area contributed by atoms with E-state index < -0.39 is 6.04 Å². The van der Waals surface area contributed by atoms with Crippen LogP contribution in [0.4, 0.5) is 34.1 Å². The number of benzene rings is 7. The zero-order valence-corrected chi connectivity index (χ0v) is 26.3. The quantitative estimate of drug-likeness (QED) is 0.185. The molecule has 226 valence electrons. The lowest BCUT2D eigenvalue weighted by molar-refractivity contribution is 0.632. The van der Waals surface area contributed by atoms with Crippen LogP contribution in [0, 0.1) is 0 Å². The van der Waals surface area contributed by atoms with Crippen LogP contribution in [0.1, 0.15) is 31.8 Å². The summed E-state index contributed by atoms with van der Waals surface area (Å²) < 4.78 is 42.8. The lowest BCUT2D eigenvalue weighted by atomic mass is 9.73. The molecule has 8 rings (SSSR count). The number of anilines is 6. The summed E-state index contributed by atoms with van der Waals surface area (Å²) in [5.41, 5.74) is 11.3. The largest absolute Gasteiger partial charge is 0.311 e. The minimum atomic E-state index is -0.419. The fourth-order valence-electron chi connectivity index (χ4n) is 6.74. The van der Waals surface area contributed by atoms with E-state index in [9.17, 15) is 0 Å². The minimum absolute atomic E-state index is 0.0985. The molecule has 0 fully saturated rings. The Morgan fingerprint density at radius 3 is 1.64 bits per heavy atom. The highest BCUT2D eigenvalue weighted by Crippen LogP contribution is 2.52. The highest BCUT2D eigenvalue weighted by Gasteiger charge is 2.36. The van der Waals surface area contributed by atoms with Gasteiger partial charge in [0.05, 0.1) is 18.2 Å². The normalized spacial score (nSPS) is 14.5. The Balaban J connectivity index is 1.22. The molecule has 0 saturated carbocycles. The number of para-hydroxylation sites is 3. The summed E-state index contributed by atoms with van der Waals surface area (Å²) in [5, 5.41) is 0. The van der Waals surface area contributed by atoms with E-state index in [1.165, 1.54) is 16.8 Å². The molecule has 0 saturated heterocycles. The summed E-state index contributed by atoms with van der Waals surface area (Å²) in [5.74, 6) is 0. The second-order valence-electron chi connectivity index (χ2n) is 12.3. The molecule has 0 aromatic heterocycles. The van der Waals surface area contributed by atoms with E-state index in [1.54, 1.807) is 4.90 Å². The molecule has 1 aliphatic heterocycles. The predicted molar refractivity (Wildman–Crippen MR) is 199 cm³/mol. The molecule has 0 bridgehead atoms. The van der Waals surface area contributed by atoms with Crippen LogP contribution in [0.3, 0.4) is 0 Å². The molecule has 2 nitrogen and oxygen atoms in total. The van der Waals surface area contributed by atoms with E-state index >= 15 is 0 Å². The van der Waals surface area contributed by atoms with Gasteiger partial charge in [0.2, 0.25) is 0 Å². The summed E-state index contributed by atoms with van der Waals surface area (Å²) in [4.78, 5) is 4.09. The second kappa shape index (κ2) is 11.8. The van der Waals surface area contributed by atoms with Gasteiger partial charge in [-0.05, 0) is 100 Å². The van der Waals surface area contributed by atoms with Crippen LogP contribution in [0.25, 0.3) is 22.3 Å². The maximum absolute atomic E-state index is 8.86. The molecule has 2 heteroatoms. The van der Waals surface area contributed by atoms with Gasteiger partial charge in [-0.2, -0.15) is 0 Å². The number of fused-ring (bicyclic) bond motifs is 2. The smallest absolute Gasteiger partial charge is 0.0645 e. The molecule has 7 aromatic rings. The molecule has 7 aromatic carbocycles. The Labute approximate surface area is 284 Å². The molecule has 1 aliphatic rings. The van der Waals surface area contributed by atoms with Crippen LogP contribution < -0.4 is 9.80 Å². The first kappa shape index (κ1) is 23.5. The van der Waals surface area contributed by atoms with E-state index in [1.807, 2.05) is 84.9 Å². The van der Waals surface area contributed by atoms with Crippen molar-refractivity contribution in [2.45, 2.75) is 19.3 Å². The molecular weight excluding hydrogens is 569 g/mol. The van der Waals surface area contributed by atoms with Crippen molar-refractivity contribution in [2.75, 3.05) is 9.80 Å².